The predicted molar refractivity (Wildman–Crippen MR) is 172 cm³/mol. The van der Waals surface area contributed by atoms with Crippen molar-refractivity contribution in [3.05, 3.63) is 83.0 Å². The summed E-state index contributed by atoms with van der Waals surface area (Å²) >= 11 is 2.86. The highest BCUT2D eigenvalue weighted by Gasteiger charge is 2.29. The molecule has 12 heteroatoms. The molecule has 0 aliphatic carbocycles. The number of ether oxygens (including phenoxy) is 2. The Hall–Kier alpha value is -4.52. The number of aryl methyl sites for hydroxylation is 1. The minimum atomic E-state index is -0.770. The van der Waals surface area contributed by atoms with Gasteiger partial charge in [-0.05, 0) is 29.7 Å². The lowest BCUT2D eigenvalue weighted by Crippen LogP contribution is -2.34. The van der Waals surface area contributed by atoms with Gasteiger partial charge in [0.25, 0.3) is 0 Å². The lowest BCUT2D eigenvalue weighted by atomic mass is 9.97. The molecule has 0 fully saturated rings. The number of imidazole rings is 1. The number of hydrogen-bond acceptors (Lipinski definition) is 8. The van der Waals surface area contributed by atoms with Crippen molar-refractivity contribution in [2.45, 2.75) is 13.0 Å². The molecule has 8 nitrogen and oxygen atoms in total. The van der Waals surface area contributed by atoms with Crippen molar-refractivity contribution in [2.24, 2.45) is 7.05 Å². The van der Waals surface area contributed by atoms with Crippen molar-refractivity contribution in [2.75, 3.05) is 26.9 Å². The third-order valence-electron chi connectivity index (χ3n) is 7.84. The van der Waals surface area contributed by atoms with E-state index in [2.05, 4.69) is 11.6 Å². The van der Waals surface area contributed by atoms with Crippen LogP contribution in [-0.2, 0) is 29.5 Å². The Kier molecular flexibility index (Phi) is 7.64. The Morgan fingerprint density at radius 2 is 1.98 bits per heavy atom. The zero-order valence-corrected chi connectivity index (χ0v) is 26.1. The molecule has 0 unspecified atom stereocenters. The Morgan fingerprint density at radius 3 is 2.80 bits per heavy atom. The maximum Gasteiger partial charge on any atom is 0.246 e. The highest BCUT2D eigenvalue weighted by atomic mass is 32.1. The first-order valence-electron chi connectivity index (χ1n) is 14.2. The number of carbonyl (C=O) groups excluding carboxylic acids is 1. The molecule has 228 valence electrons. The molecule has 45 heavy (non-hydrogen) atoms. The molecule has 0 bridgehead atoms. The number of halogens is 2. The fourth-order valence-electron chi connectivity index (χ4n) is 5.66. The van der Waals surface area contributed by atoms with Gasteiger partial charge in [0.2, 0.25) is 5.91 Å². The van der Waals surface area contributed by atoms with Gasteiger partial charge in [-0.25, -0.2) is 23.7 Å². The number of carbonyl (C=O) groups is 1. The predicted octanol–water partition coefficient (Wildman–Crippen LogP) is 7.01. The molecule has 4 aromatic heterocycles. The molecule has 0 saturated heterocycles. The van der Waals surface area contributed by atoms with Crippen molar-refractivity contribution in [1.82, 2.24) is 24.4 Å². The largest absolute Gasteiger partial charge is 0.490 e. The number of hydrogen-bond donors (Lipinski definition) is 0. The fraction of sp³-hybridized carbons (Fsp3) is 0.212. The molecule has 0 atom stereocenters. The summed E-state index contributed by atoms with van der Waals surface area (Å²) in [5.41, 5.74) is 5.27. The highest BCUT2D eigenvalue weighted by molar-refractivity contribution is 7.18. The number of thiazole rings is 1. The fourth-order valence-corrected chi connectivity index (χ4v) is 7.73. The van der Waals surface area contributed by atoms with Gasteiger partial charge in [0.1, 0.15) is 34.7 Å². The van der Waals surface area contributed by atoms with Gasteiger partial charge < -0.3 is 18.9 Å². The number of pyridine rings is 1. The van der Waals surface area contributed by atoms with Gasteiger partial charge in [-0.1, -0.05) is 12.6 Å². The smallest absolute Gasteiger partial charge is 0.246 e. The molecule has 0 spiro atoms. The summed E-state index contributed by atoms with van der Waals surface area (Å²) in [4.78, 5) is 29.7. The van der Waals surface area contributed by atoms with E-state index >= 15 is 4.39 Å². The second kappa shape index (κ2) is 11.8. The molecule has 7 rings (SSSR count). The number of methoxy groups -OCH3 is 1. The minimum Gasteiger partial charge on any atom is -0.490 e. The average Bonchev–Trinajstić information content (AvgIpc) is 3.78. The van der Waals surface area contributed by atoms with Crippen molar-refractivity contribution in [3.8, 4) is 38.8 Å². The third kappa shape index (κ3) is 5.18. The lowest BCUT2D eigenvalue weighted by Gasteiger charge is -2.24. The van der Waals surface area contributed by atoms with Crippen LogP contribution < -0.4 is 4.74 Å². The average molecular weight is 644 g/mol. The van der Waals surface area contributed by atoms with E-state index in [0.29, 0.717) is 41.5 Å². The summed E-state index contributed by atoms with van der Waals surface area (Å²) in [7, 11) is 3.47. The number of benzene rings is 2. The molecule has 2 aromatic carbocycles. The maximum absolute atomic E-state index is 16.0. The lowest BCUT2D eigenvalue weighted by molar-refractivity contribution is -0.126. The van der Waals surface area contributed by atoms with Crippen molar-refractivity contribution in [3.63, 3.8) is 0 Å². The number of rotatable bonds is 8. The summed E-state index contributed by atoms with van der Waals surface area (Å²) in [6.07, 6.45) is 3.65. The van der Waals surface area contributed by atoms with Gasteiger partial charge in [0.15, 0.2) is 0 Å². The van der Waals surface area contributed by atoms with E-state index < -0.39 is 11.6 Å². The second-order valence-corrected chi connectivity index (χ2v) is 12.6. The number of fused-ring (bicyclic) bond motifs is 3. The van der Waals surface area contributed by atoms with Gasteiger partial charge >= 0.3 is 0 Å². The Bertz CT molecular complexity index is 2120. The second-order valence-electron chi connectivity index (χ2n) is 10.6. The molecule has 1 aliphatic heterocycles. The molecule has 6 aromatic rings. The maximum atomic E-state index is 16.0. The molecule has 0 N–H and O–H groups in total. The van der Waals surface area contributed by atoms with Crippen LogP contribution in [-0.4, -0.2) is 57.2 Å². The van der Waals surface area contributed by atoms with Crippen LogP contribution in [0.25, 0.3) is 54.2 Å². The summed E-state index contributed by atoms with van der Waals surface area (Å²) < 4.78 is 44.3. The topological polar surface area (TPSA) is 82.4 Å². The van der Waals surface area contributed by atoms with E-state index in [0.717, 1.165) is 43.3 Å². The zero-order chi connectivity index (χ0) is 31.2. The number of amides is 1. The van der Waals surface area contributed by atoms with Gasteiger partial charge in [-0.2, -0.15) is 0 Å². The van der Waals surface area contributed by atoms with E-state index in [1.807, 2.05) is 41.3 Å². The molecular weight excluding hydrogens is 617 g/mol. The van der Waals surface area contributed by atoms with Crippen molar-refractivity contribution < 1.29 is 23.0 Å². The molecule has 1 amide bonds. The first-order valence-corrected chi connectivity index (χ1v) is 15.9. The van der Waals surface area contributed by atoms with E-state index in [-0.39, 0.29) is 30.4 Å². The summed E-state index contributed by atoms with van der Waals surface area (Å²) in [6, 6.07) is 9.97. The van der Waals surface area contributed by atoms with Gasteiger partial charge in [-0.3, -0.25) is 4.79 Å². The van der Waals surface area contributed by atoms with Crippen LogP contribution in [0.4, 0.5) is 8.78 Å². The first-order chi connectivity index (χ1) is 21.9. The van der Waals surface area contributed by atoms with Gasteiger partial charge in [0.05, 0.1) is 47.5 Å². The SMILES string of the molecule is C=CC(=O)N1CCc2nc(-c3nc(-c4ccc5ncn(C)c5c4)c4ccsc4c3-c3c(F)cc(F)cc3OCCOC)sc2C1. The normalized spacial score (nSPS) is 13.0. The standard InChI is InChI=1S/C33H27F2N5O3S2/c1-4-27(41)40-9-7-23-26(16-40)45-33(37-23)31-29(28-21(35)14-19(34)15-25(28)43-11-10-42-3)32-20(8-12-44-32)30(38-31)18-5-6-22-24(13-18)39(2)17-36-22/h4-6,8,12-15,17H,1,7,9-11,16H2,2-3H3. The van der Waals surface area contributed by atoms with Crippen LogP contribution in [0.5, 0.6) is 5.75 Å². The van der Waals surface area contributed by atoms with Crippen LogP contribution in [0.3, 0.4) is 0 Å². The molecule has 5 heterocycles. The number of aromatic nitrogens is 4. The van der Waals surface area contributed by atoms with E-state index in [1.165, 1.54) is 41.9 Å². The van der Waals surface area contributed by atoms with Crippen LogP contribution in [0.2, 0.25) is 0 Å². The number of nitrogens with zero attached hydrogens (tertiary/aromatic N) is 5. The van der Waals surface area contributed by atoms with Crippen LogP contribution in [0.1, 0.15) is 10.6 Å². The quantitative estimate of drug-likeness (QED) is 0.131. The first kappa shape index (κ1) is 29.2. The van der Waals surface area contributed by atoms with Crippen molar-refractivity contribution in [1.29, 1.82) is 0 Å². The molecule has 0 radical (unpaired) electrons. The van der Waals surface area contributed by atoms with E-state index in [4.69, 9.17) is 19.4 Å². The van der Waals surface area contributed by atoms with Crippen LogP contribution >= 0.6 is 22.7 Å². The molecule has 0 saturated carbocycles. The van der Waals surface area contributed by atoms with E-state index in [9.17, 15) is 9.18 Å². The van der Waals surface area contributed by atoms with Crippen molar-refractivity contribution >= 4 is 49.7 Å². The third-order valence-corrected chi connectivity index (χ3v) is 9.86. The summed E-state index contributed by atoms with van der Waals surface area (Å²) in [5.74, 6) is -1.62. The zero-order valence-electron chi connectivity index (χ0n) is 24.5. The van der Waals surface area contributed by atoms with Gasteiger partial charge in [-0.15, -0.1) is 22.7 Å². The Morgan fingerprint density at radius 1 is 1.11 bits per heavy atom. The molecular formula is C33H27F2N5O3S2. The minimum absolute atomic E-state index is 0.0513. The monoisotopic (exact) mass is 643 g/mol. The van der Waals surface area contributed by atoms with Crippen LogP contribution in [0.15, 0.2) is 60.8 Å². The van der Waals surface area contributed by atoms with E-state index in [1.54, 1.807) is 11.2 Å². The summed E-state index contributed by atoms with van der Waals surface area (Å²) in [6.45, 7) is 4.88. The molecule has 1 aliphatic rings. The Balaban J connectivity index is 1.49. The summed E-state index contributed by atoms with van der Waals surface area (Å²) in [5, 5.41) is 3.33. The van der Waals surface area contributed by atoms with Crippen LogP contribution in [0, 0.1) is 11.6 Å². The number of thiophene rings is 1. The van der Waals surface area contributed by atoms with Gasteiger partial charge in [0, 0.05) is 65.3 Å². The highest BCUT2D eigenvalue weighted by Crippen LogP contribution is 2.48. The Labute approximate surface area is 265 Å².